The van der Waals surface area contributed by atoms with Crippen molar-refractivity contribution < 1.29 is 14.6 Å². The fourth-order valence-electron chi connectivity index (χ4n) is 3.27. The highest BCUT2D eigenvalue weighted by molar-refractivity contribution is 5.75. The smallest absolute Gasteiger partial charge is 0.306 e. The molecule has 0 spiro atoms. The summed E-state index contributed by atoms with van der Waals surface area (Å²) in [5.74, 6) is 0.331. The Kier molecular flexibility index (Phi) is 5.87. The summed E-state index contributed by atoms with van der Waals surface area (Å²) in [6.07, 6.45) is 2.73. The zero-order valence-electron chi connectivity index (χ0n) is 14.4. The van der Waals surface area contributed by atoms with Gasteiger partial charge in [-0.25, -0.2) is 9.97 Å². The number of hydrogen-bond donors (Lipinski definition) is 3. The van der Waals surface area contributed by atoms with Crippen LogP contribution >= 0.6 is 0 Å². The Morgan fingerprint density at radius 1 is 1.28 bits per heavy atom. The van der Waals surface area contributed by atoms with E-state index < -0.39 is 5.97 Å². The van der Waals surface area contributed by atoms with Crippen LogP contribution in [0.25, 0.3) is 0 Å². The van der Waals surface area contributed by atoms with Crippen molar-refractivity contribution >= 4 is 23.3 Å². The lowest BCUT2D eigenvalue weighted by atomic mass is 9.97. The molecule has 0 radical (unpaired) electrons. The van der Waals surface area contributed by atoms with Crippen LogP contribution in [-0.4, -0.2) is 78.4 Å². The molecule has 138 valence electrons. The Morgan fingerprint density at radius 2 is 2.00 bits per heavy atom. The van der Waals surface area contributed by atoms with E-state index in [0.29, 0.717) is 43.3 Å². The first kappa shape index (κ1) is 17.7. The van der Waals surface area contributed by atoms with E-state index in [-0.39, 0.29) is 5.92 Å². The average Bonchev–Trinajstić information content (AvgIpc) is 2.64. The number of anilines is 3. The largest absolute Gasteiger partial charge is 0.481 e. The van der Waals surface area contributed by atoms with Gasteiger partial charge < -0.3 is 25.8 Å². The number of aromatic nitrogens is 2. The Hall–Kier alpha value is -2.13. The highest BCUT2D eigenvalue weighted by Crippen LogP contribution is 2.29. The minimum Gasteiger partial charge on any atom is -0.481 e. The number of carboxylic acid groups (broad SMARTS) is 1. The number of nitrogens with one attached hydrogen (secondary N) is 1. The lowest BCUT2D eigenvalue weighted by Gasteiger charge is -2.32. The van der Waals surface area contributed by atoms with Crippen molar-refractivity contribution in [3.8, 4) is 0 Å². The lowest BCUT2D eigenvalue weighted by molar-refractivity contribution is -0.142. The Balaban J connectivity index is 1.55. The van der Waals surface area contributed by atoms with Crippen molar-refractivity contribution in [2.45, 2.75) is 12.8 Å². The summed E-state index contributed by atoms with van der Waals surface area (Å²) in [6, 6.07) is 0. The molecule has 9 heteroatoms. The zero-order chi connectivity index (χ0) is 17.6. The summed E-state index contributed by atoms with van der Waals surface area (Å²) in [5.41, 5.74) is 6.77. The van der Waals surface area contributed by atoms with Crippen LogP contribution in [0.5, 0.6) is 0 Å². The van der Waals surface area contributed by atoms with Crippen molar-refractivity contribution in [2.75, 3.05) is 68.4 Å². The van der Waals surface area contributed by atoms with E-state index in [1.54, 1.807) is 0 Å². The molecule has 1 aromatic heterocycles. The Labute approximate surface area is 147 Å². The maximum atomic E-state index is 11.1. The van der Waals surface area contributed by atoms with Crippen molar-refractivity contribution in [1.82, 2.24) is 14.9 Å². The van der Waals surface area contributed by atoms with Gasteiger partial charge in [0, 0.05) is 39.3 Å². The highest BCUT2D eigenvalue weighted by Gasteiger charge is 2.26. The summed E-state index contributed by atoms with van der Waals surface area (Å²) >= 11 is 0. The molecule has 2 fully saturated rings. The van der Waals surface area contributed by atoms with Gasteiger partial charge in [0.05, 0.1) is 19.1 Å². The summed E-state index contributed by atoms with van der Waals surface area (Å²) in [5, 5.41) is 12.4. The molecular formula is C16H26N6O3. The van der Waals surface area contributed by atoms with E-state index in [4.69, 9.17) is 15.6 Å². The van der Waals surface area contributed by atoms with E-state index in [9.17, 15) is 4.79 Å². The SMILES string of the molecule is Nc1c(NCCN2CCOCC2)ncnc1N1CCC(C(=O)O)CC1. The molecule has 4 N–H and O–H groups in total. The third-order valence-corrected chi connectivity index (χ3v) is 4.83. The number of hydrogen-bond acceptors (Lipinski definition) is 8. The van der Waals surface area contributed by atoms with Crippen LogP contribution in [0.1, 0.15) is 12.8 Å². The number of ether oxygens (including phenoxy) is 1. The average molecular weight is 350 g/mol. The van der Waals surface area contributed by atoms with E-state index in [2.05, 4.69) is 20.2 Å². The number of nitrogens with two attached hydrogens (primary N) is 1. The van der Waals surface area contributed by atoms with E-state index in [1.807, 2.05) is 4.90 Å². The van der Waals surface area contributed by atoms with Gasteiger partial charge in [-0.1, -0.05) is 0 Å². The molecule has 3 heterocycles. The number of nitrogens with zero attached hydrogens (tertiary/aromatic N) is 4. The standard InChI is InChI=1S/C16H26N6O3/c17-13-14(18-3-6-21-7-9-25-10-8-21)19-11-20-15(13)22-4-1-12(2-5-22)16(23)24/h11-12H,1-10,17H2,(H,23,24)(H,18,19,20). The number of piperidine rings is 1. The number of aliphatic carboxylic acids is 1. The summed E-state index contributed by atoms with van der Waals surface area (Å²) in [7, 11) is 0. The third kappa shape index (κ3) is 4.49. The van der Waals surface area contributed by atoms with Gasteiger partial charge in [0.25, 0.3) is 0 Å². The molecule has 0 aromatic carbocycles. The second-order valence-corrected chi connectivity index (χ2v) is 6.44. The van der Waals surface area contributed by atoms with Gasteiger partial charge in [0.1, 0.15) is 12.0 Å². The quantitative estimate of drug-likeness (QED) is 0.657. The molecule has 2 aliphatic heterocycles. The fraction of sp³-hybridized carbons (Fsp3) is 0.688. The molecule has 0 unspecified atom stereocenters. The zero-order valence-corrected chi connectivity index (χ0v) is 14.4. The maximum Gasteiger partial charge on any atom is 0.306 e. The van der Waals surface area contributed by atoms with E-state index >= 15 is 0 Å². The lowest BCUT2D eigenvalue weighted by Crippen LogP contribution is -2.39. The molecular weight excluding hydrogens is 324 g/mol. The van der Waals surface area contributed by atoms with Crippen LogP contribution in [0.15, 0.2) is 6.33 Å². The van der Waals surface area contributed by atoms with Crippen molar-refractivity contribution in [3.63, 3.8) is 0 Å². The summed E-state index contributed by atoms with van der Waals surface area (Å²) in [4.78, 5) is 24.0. The number of rotatable bonds is 6. The number of nitrogen functional groups attached to an aromatic ring is 1. The van der Waals surface area contributed by atoms with E-state index in [0.717, 1.165) is 39.4 Å². The maximum absolute atomic E-state index is 11.1. The first-order chi connectivity index (χ1) is 12.1. The summed E-state index contributed by atoms with van der Waals surface area (Å²) in [6.45, 7) is 6.41. The molecule has 0 aliphatic carbocycles. The molecule has 3 rings (SSSR count). The number of carboxylic acids is 1. The molecule has 25 heavy (non-hydrogen) atoms. The monoisotopic (exact) mass is 350 g/mol. The topological polar surface area (TPSA) is 117 Å². The molecule has 0 bridgehead atoms. The van der Waals surface area contributed by atoms with Gasteiger partial charge >= 0.3 is 5.97 Å². The minimum absolute atomic E-state index is 0.273. The molecule has 1 aromatic rings. The van der Waals surface area contributed by atoms with Gasteiger partial charge in [0.2, 0.25) is 0 Å². The predicted molar refractivity (Wildman–Crippen MR) is 94.8 cm³/mol. The van der Waals surface area contributed by atoms with Crippen molar-refractivity contribution in [1.29, 1.82) is 0 Å². The van der Waals surface area contributed by atoms with Crippen LogP contribution < -0.4 is 16.0 Å². The van der Waals surface area contributed by atoms with Gasteiger partial charge in [0.15, 0.2) is 11.6 Å². The van der Waals surface area contributed by atoms with Crippen molar-refractivity contribution in [2.24, 2.45) is 5.92 Å². The van der Waals surface area contributed by atoms with Crippen LogP contribution in [0, 0.1) is 5.92 Å². The Morgan fingerprint density at radius 3 is 2.68 bits per heavy atom. The first-order valence-electron chi connectivity index (χ1n) is 8.77. The van der Waals surface area contributed by atoms with Crippen LogP contribution in [-0.2, 0) is 9.53 Å². The normalized spacial score (nSPS) is 19.8. The minimum atomic E-state index is -0.722. The number of morpholine rings is 1. The van der Waals surface area contributed by atoms with Crippen LogP contribution in [0.4, 0.5) is 17.3 Å². The highest BCUT2D eigenvalue weighted by atomic mass is 16.5. The van der Waals surface area contributed by atoms with Gasteiger partial charge in [-0.05, 0) is 12.8 Å². The Bertz CT molecular complexity index is 585. The third-order valence-electron chi connectivity index (χ3n) is 4.83. The molecule has 2 saturated heterocycles. The predicted octanol–water partition coefficient (Wildman–Crippen LogP) is 0.104. The van der Waals surface area contributed by atoms with Crippen LogP contribution in [0.2, 0.25) is 0 Å². The summed E-state index contributed by atoms with van der Waals surface area (Å²) < 4.78 is 5.34. The second kappa shape index (κ2) is 8.30. The van der Waals surface area contributed by atoms with Crippen LogP contribution in [0.3, 0.4) is 0 Å². The molecule has 0 atom stereocenters. The molecule has 0 amide bonds. The second-order valence-electron chi connectivity index (χ2n) is 6.44. The van der Waals surface area contributed by atoms with Gasteiger partial charge in [-0.15, -0.1) is 0 Å². The fourth-order valence-corrected chi connectivity index (χ4v) is 3.27. The van der Waals surface area contributed by atoms with Crippen molar-refractivity contribution in [3.05, 3.63) is 6.33 Å². The molecule has 0 saturated carbocycles. The number of carbonyl (C=O) groups is 1. The first-order valence-corrected chi connectivity index (χ1v) is 8.77. The molecule has 2 aliphatic rings. The van der Waals surface area contributed by atoms with Gasteiger partial charge in [-0.2, -0.15) is 0 Å². The van der Waals surface area contributed by atoms with E-state index in [1.165, 1.54) is 6.33 Å². The molecule has 9 nitrogen and oxygen atoms in total. The van der Waals surface area contributed by atoms with Gasteiger partial charge in [-0.3, -0.25) is 9.69 Å².